The number of carbonyl (C=O) groups excluding carboxylic acids is 2. The third-order valence-corrected chi connectivity index (χ3v) is 3.27. The SMILES string of the molecule is CC(C)(C)OC(=O)NCC(=CF)COc1cnc2c(c1)CCNC2=O. The third kappa shape index (κ3) is 5.74. The van der Waals surface area contributed by atoms with Crippen LogP contribution in [0.5, 0.6) is 5.75 Å². The predicted molar refractivity (Wildman–Crippen MR) is 89.2 cm³/mol. The zero-order chi connectivity index (χ0) is 18.4. The van der Waals surface area contributed by atoms with Crippen LogP contribution in [0.2, 0.25) is 0 Å². The first-order valence-corrected chi connectivity index (χ1v) is 7.93. The lowest BCUT2D eigenvalue weighted by molar-refractivity contribution is 0.0531. The summed E-state index contributed by atoms with van der Waals surface area (Å²) in [5, 5.41) is 5.17. The van der Waals surface area contributed by atoms with Crippen LogP contribution in [0.25, 0.3) is 0 Å². The molecule has 1 aromatic rings. The molecular weight excluding hydrogens is 329 g/mol. The summed E-state index contributed by atoms with van der Waals surface area (Å²) < 4.78 is 23.5. The second kappa shape index (κ2) is 7.96. The monoisotopic (exact) mass is 351 g/mol. The number of amides is 2. The average Bonchev–Trinajstić information content (AvgIpc) is 2.53. The molecule has 0 aromatic carbocycles. The third-order valence-electron chi connectivity index (χ3n) is 3.27. The van der Waals surface area contributed by atoms with Gasteiger partial charge in [0.2, 0.25) is 0 Å². The van der Waals surface area contributed by atoms with Gasteiger partial charge in [0.25, 0.3) is 5.91 Å². The number of carbonyl (C=O) groups is 2. The van der Waals surface area contributed by atoms with Gasteiger partial charge in [0.1, 0.15) is 23.7 Å². The van der Waals surface area contributed by atoms with Crippen LogP contribution in [-0.4, -0.2) is 42.3 Å². The number of nitrogens with zero attached hydrogens (tertiary/aromatic N) is 1. The Morgan fingerprint density at radius 2 is 2.24 bits per heavy atom. The van der Waals surface area contributed by atoms with E-state index in [1.807, 2.05) is 0 Å². The molecular formula is C17H22FN3O4. The van der Waals surface area contributed by atoms with Gasteiger partial charge in [0.15, 0.2) is 0 Å². The minimum absolute atomic E-state index is 0.0355. The normalized spacial score (nSPS) is 14.4. The summed E-state index contributed by atoms with van der Waals surface area (Å²) in [5.41, 5.74) is 0.785. The Morgan fingerprint density at radius 1 is 1.48 bits per heavy atom. The van der Waals surface area contributed by atoms with Gasteiger partial charge in [-0.25, -0.2) is 14.2 Å². The summed E-state index contributed by atoms with van der Waals surface area (Å²) in [5.74, 6) is 0.226. The van der Waals surface area contributed by atoms with Gasteiger partial charge in [-0.15, -0.1) is 0 Å². The highest BCUT2D eigenvalue weighted by atomic mass is 19.1. The zero-order valence-electron chi connectivity index (χ0n) is 14.5. The van der Waals surface area contributed by atoms with Crippen LogP contribution in [0.3, 0.4) is 0 Å². The molecule has 7 nitrogen and oxygen atoms in total. The number of nitrogens with one attached hydrogen (secondary N) is 2. The quantitative estimate of drug-likeness (QED) is 0.848. The van der Waals surface area contributed by atoms with Crippen LogP contribution in [0.15, 0.2) is 24.2 Å². The number of alkyl carbamates (subject to hydrolysis) is 1. The van der Waals surface area contributed by atoms with E-state index in [4.69, 9.17) is 9.47 Å². The molecule has 0 saturated heterocycles. The molecule has 1 aliphatic heterocycles. The highest BCUT2D eigenvalue weighted by Gasteiger charge is 2.19. The first kappa shape index (κ1) is 18.7. The van der Waals surface area contributed by atoms with Crippen LogP contribution in [-0.2, 0) is 11.2 Å². The molecule has 0 bridgehead atoms. The smallest absolute Gasteiger partial charge is 0.407 e. The molecule has 2 amide bonds. The summed E-state index contributed by atoms with van der Waals surface area (Å²) in [6.45, 7) is 5.68. The highest BCUT2D eigenvalue weighted by molar-refractivity contribution is 5.94. The fourth-order valence-corrected chi connectivity index (χ4v) is 2.15. The molecule has 136 valence electrons. The van der Waals surface area contributed by atoms with Crippen molar-refractivity contribution in [2.24, 2.45) is 0 Å². The summed E-state index contributed by atoms with van der Waals surface area (Å²) in [7, 11) is 0. The number of fused-ring (bicyclic) bond motifs is 1. The van der Waals surface area contributed by atoms with Crippen molar-refractivity contribution in [3.8, 4) is 5.75 Å². The van der Waals surface area contributed by atoms with Gasteiger partial charge in [-0.05, 0) is 38.8 Å². The Balaban J connectivity index is 1.87. The molecule has 1 aromatic heterocycles. The minimum atomic E-state index is -0.631. The average molecular weight is 351 g/mol. The number of rotatable bonds is 5. The first-order valence-electron chi connectivity index (χ1n) is 7.93. The van der Waals surface area contributed by atoms with E-state index in [-0.39, 0.29) is 24.6 Å². The van der Waals surface area contributed by atoms with Gasteiger partial charge in [0.05, 0.1) is 12.5 Å². The fraction of sp³-hybridized carbons (Fsp3) is 0.471. The van der Waals surface area contributed by atoms with E-state index in [1.54, 1.807) is 26.8 Å². The van der Waals surface area contributed by atoms with Gasteiger partial charge >= 0.3 is 6.09 Å². The molecule has 0 saturated carbocycles. The van der Waals surface area contributed by atoms with E-state index >= 15 is 0 Å². The van der Waals surface area contributed by atoms with Crippen molar-refractivity contribution in [1.82, 2.24) is 15.6 Å². The fourth-order valence-electron chi connectivity index (χ4n) is 2.15. The Labute approximate surface area is 145 Å². The van der Waals surface area contributed by atoms with Crippen molar-refractivity contribution < 1.29 is 23.5 Å². The molecule has 0 fully saturated rings. The van der Waals surface area contributed by atoms with Crippen molar-refractivity contribution in [1.29, 1.82) is 0 Å². The van der Waals surface area contributed by atoms with E-state index in [9.17, 15) is 14.0 Å². The topological polar surface area (TPSA) is 89.6 Å². The molecule has 0 aliphatic carbocycles. The van der Waals surface area contributed by atoms with Crippen molar-refractivity contribution in [2.45, 2.75) is 32.8 Å². The van der Waals surface area contributed by atoms with E-state index in [2.05, 4.69) is 15.6 Å². The maximum atomic E-state index is 13.0. The summed E-state index contributed by atoms with van der Waals surface area (Å²) in [4.78, 5) is 27.3. The largest absolute Gasteiger partial charge is 0.487 e. The van der Waals surface area contributed by atoms with Gasteiger partial charge in [-0.2, -0.15) is 0 Å². The first-order chi connectivity index (χ1) is 11.8. The van der Waals surface area contributed by atoms with Gasteiger partial charge < -0.3 is 20.1 Å². The molecule has 0 atom stereocenters. The predicted octanol–water partition coefficient (Wildman–Crippen LogP) is 2.12. The van der Waals surface area contributed by atoms with Gasteiger partial charge in [-0.3, -0.25) is 4.79 Å². The van der Waals surface area contributed by atoms with Crippen molar-refractivity contribution >= 4 is 12.0 Å². The van der Waals surface area contributed by atoms with E-state index in [0.29, 0.717) is 30.7 Å². The number of aromatic nitrogens is 1. The Kier molecular flexibility index (Phi) is 5.95. The number of ether oxygens (including phenoxy) is 2. The number of pyridine rings is 1. The van der Waals surface area contributed by atoms with E-state index < -0.39 is 11.7 Å². The Hall–Kier alpha value is -2.64. The standard InChI is InChI=1S/C17H22FN3O4/c1-17(2,3)25-16(23)21-8-11(7-18)10-24-13-6-12-4-5-19-15(22)14(12)20-9-13/h6-7,9H,4-5,8,10H2,1-3H3,(H,19,22)(H,21,23). The van der Waals surface area contributed by atoms with Crippen LogP contribution < -0.4 is 15.4 Å². The molecule has 2 heterocycles. The number of hydrogen-bond donors (Lipinski definition) is 2. The maximum absolute atomic E-state index is 13.0. The lowest BCUT2D eigenvalue weighted by Crippen LogP contribution is -2.34. The molecule has 1 aliphatic rings. The van der Waals surface area contributed by atoms with E-state index in [1.165, 1.54) is 6.20 Å². The van der Waals surface area contributed by atoms with Crippen LogP contribution in [0, 0.1) is 0 Å². The van der Waals surface area contributed by atoms with E-state index in [0.717, 1.165) is 5.56 Å². The highest BCUT2D eigenvalue weighted by Crippen LogP contribution is 2.18. The van der Waals surface area contributed by atoms with Gasteiger partial charge in [0, 0.05) is 18.7 Å². The van der Waals surface area contributed by atoms with Gasteiger partial charge in [-0.1, -0.05) is 0 Å². The zero-order valence-corrected chi connectivity index (χ0v) is 14.5. The molecule has 25 heavy (non-hydrogen) atoms. The number of halogens is 1. The molecule has 2 N–H and O–H groups in total. The minimum Gasteiger partial charge on any atom is -0.487 e. The van der Waals surface area contributed by atoms with Crippen molar-refractivity contribution in [2.75, 3.05) is 19.7 Å². The van der Waals surface area contributed by atoms with Crippen molar-refractivity contribution in [3.63, 3.8) is 0 Å². The summed E-state index contributed by atoms with van der Waals surface area (Å²) in [6, 6.07) is 1.72. The lowest BCUT2D eigenvalue weighted by atomic mass is 10.1. The summed E-state index contributed by atoms with van der Waals surface area (Å²) in [6.07, 6.45) is 1.84. The molecule has 0 unspecified atom stereocenters. The van der Waals surface area contributed by atoms with Crippen LogP contribution in [0.1, 0.15) is 36.8 Å². The van der Waals surface area contributed by atoms with Crippen LogP contribution in [0.4, 0.5) is 9.18 Å². The number of hydrogen-bond acceptors (Lipinski definition) is 5. The molecule has 0 spiro atoms. The second-order valence-corrected chi connectivity index (χ2v) is 6.60. The van der Waals surface area contributed by atoms with Crippen molar-refractivity contribution in [3.05, 3.63) is 35.4 Å². The molecule has 8 heteroatoms. The second-order valence-electron chi connectivity index (χ2n) is 6.60. The Morgan fingerprint density at radius 3 is 2.92 bits per heavy atom. The van der Waals surface area contributed by atoms with Crippen LogP contribution >= 0.6 is 0 Å². The summed E-state index contributed by atoms with van der Waals surface area (Å²) >= 11 is 0. The lowest BCUT2D eigenvalue weighted by Gasteiger charge is -2.20. The molecule has 0 radical (unpaired) electrons. The molecule has 2 rings (SSSR count). The maximum Gasteiger partial charge on any atom is 0.407 e. The Bertz CT molecular complexity index is 683.